The van der Waals surface area contributed by atoms with Crippen molar-refractivity contribution in [1.82, 2.24) is 10.2 Å². The summed E-state index contributed by atoms with van der Waals surface area (Å²) in [6, 6.07) is 7.15. The first-order chi connectivity index (χ1) is 9.01. The van der Waals surface area contributed by atoms with Crippen molar-refractivity contribution in [1.29, 1.82) is 5.26 Å². The van der Waals surface area contributed by atoms with Gasteiger partial charge >= 0.3 is 0 Å². The molecule has 0 unspecified atom stereocenters. The predicted octanol–water partition coefficient (Wildman–Crippen LogP) is 4.02. The third-order valence-corrected chi connectivity index (χ3v) is 3.13. The standard InChI is InChI=1S/C13H10Cl2N4/c1-7-8(2)18-19-13(12(7)6-16)17-11-4-9(14)3-10(15)5-11/h3-5H,1-2H3,(H,17,19). The molecule has 4 nitrogen and oxygen atoms in total. The van der Waals surface area contributed by atoms with Gasteiger partial charge in [0.25, 0.3) is 0 Å². The van der Waals surface area contributed by atoms with Gasteiger partial charge in [-0.25, -0.2) is 0 Å². The molecule has 0 spiro atoms. The van der Waals surface area contributed by atoms with Crippen LogP contribution in [0.2, 0.25) is 10.0 Å². The largest absolute Gasteiger partial charge is 0.338 e. The van der Waals surface area contributed by atoms with Crippen LogP contribution in [0.5, 0.6) is 0 Å². The second kappa shape index (κ2) is 5.43. The number of hydrogen-bond acceptors (Lipinski definition) is 4. The van der Waals surface area contributed by atoms with E-state index in [0.717, 1.165) is 11.3 Å². The van der Waals surface area contributed by atoms with Crippen molar-refractivity contribution in [2.75, 3.05) is 5.32 Å². The molecule has 0 bridgehead atoms. The number of aromatic nitrogens is 2. The van der Waals surface area contributed by atoms with Crippen LogP contribution >= 0.6 is 23.2 Å². The number of nitrogens with zero attached hydrogens (tertiary/aromatic N) is 3. The fourth-order valence-electron chi connectivity index (χ4n) is 1.60. The highest BCUT2D eigenvalue weighted by Gasteiger charge is 2.11. The molecule has 0 fully saturated rings. The lowest BCUT2D eigenvalue weighted by Crippen LogP contribution is -2.03. The Morgan fingerprint density at radius 3 is 2.32 bits per heavy atom. The Bertz CT molecular complexity index is 657. The molecule has 1 aromatic carbocycles. The molecule has 6 heteroatoms. The number of rotatable bonds is 2. The van der Waals surface area contributed by atoms with Gasteiger partial charge in [-0.15, -0.1) is 5.10 Å². The minimum atomic E-state index is 0.393. The molecule has 2 aromatic rings. The van der Waals surface area contributed by atoms with E-state index in [2.05, 4.69) is 21.6 Å². The lowest BCUT2D eigenvalue weighted by molar-refractivity contribution is 0.960. The maximum absolute atomic E-state index is 9.20. The Morgan fingerprint density at radius 2 is 1.74 bits per heavy atom. The second-order valence-electron chi connectivity index (χ2n) is 4.03. The average Bonchev–Trinajstić information content (AvgIpc) is 2.33. The van der Waals surface area contributed by atoms with Gasteiger partial charge in [0, 0.05) is 15.7 Å². The highest BCUT2D eigenvalue weighted by molar-refractivity contribution is 6.35. The molecule has 1 aromatic heterocycles. The molecule has 0 aliphatic heterocycles. The van der Waals surface area contributed by atoms with Gasteiger partial charge < -0.3 is 5.32 Å². The van der Waals surface area contributed by atoms with Crippen LogP contribution in [0.25, 0.3) is 0 Å². The molecule has 2 rings (SSSR count). The summed E-state index contributed by atoms with van der Waals surface area (Å²) >= 11 is 11.8. The van der Waals surface area contributed by atoms with Gasteiger partial charge in [-0.3, -0.25) is 0 Å². The first-order valence-electron chi connectivity index (χ1n) is 5.48. The van der Waals surface area contributed by atoms with Crippen molar-refractivity contribution in [3.63, 3.8) is 0 Å². The Hall–Kier alpha value is -1.83. The molecule has 0 saturated carbocycles. The Kier molecular flexibility index (Phi) is 3.89. The van der Waals surface area contributed by atoms with Gasteiger partial charge in [-0.1, -0.05) is 23.2 Å². The summed E-state index contributed by atoms with van der Waals surface area (Å²) in [5.74, 6) is 0.393. The fraction of sp³-hybridized carbons (Fsp3) is 0.154. The van der Waals surface area contributed by atoms with Gasteiger partial charge in [0.2, 0.25) is 0 Å². The summed E-state index contributed by atoms with van der Waals surface area (Å²) in [6.45, 7) is 3.64. The maximum atomic E-state index is 9.20. The summed E-state index contributed by atoms with van der Waals surface area (Å²) in [4.78, 5) is 0. The normalized spacial score (nSPS) is 10.1. The number of anilines is 2. The Labute approximate surface area is 121 Å². The van der Waals surface area contributed by atoms with Gasteiger partial charge in [0.1, 0.15) is 11.6 Å². The SMILES string of the molecule is Cc1nnc(Nc2cc(Cl)cc(Cl)c2)c(C#N)c1C. The third-order valence-electron chi connectivity index (χ3n) is 2.69. The summed E-state index contributed by atoms with van der Waals surface area (Å²) < 4.78 is 0. The molecule has 0 atom stereocenters. The number of benzene rings is 1. The summed E-state index contributed by atoms with van der Waals surface area (Å²) in [5, 5.41) is 21.2. The maximum Gasteiger partial charge on any atom is 0.171 e. The minimum absolute atomic E-state index is 0.393. The average molecular weight is 293 g/mol. The molecule has 96 valence electrons. The zero-order valence-electron chi connectivity index (χ0n) is 10.3. The van der Waals surface area contributed by atoms with Crippen LogP contribution in [0, 0.1) is 25.2 Å². The first kappa shape index (κ1) is 13.6. The van der Waals surface area contributed by atoms with Crippen LogP contribution in [0.1, 0.15) is 16.8 Å². The summed E-state index contributed by atoms with van der Waals surface area (Å²) in [5.41, 5.74) is 2.65. The van der Waals surface area contributed by atoms with Gasteiger partial charge in [-0.05, 0) is 37.6 Å². The monoisotopic (exact) mass is 292 g/mol. The smallest absolute Gasteiger partial charge is 0.171 e. The molecule has 0 amide bonds. The van der Waals surface area contributed by atoms with Crippen molar-refractivity contribution in [3.8, 4) is 6.07 Å². The third kappa shape index (κ3) is 2.95. The number of hydrogen-bond donors (Lipinski definition) is 1. The van der Waals surface area contributed by atoms with E-state index in [-0.39, 0.29) is 0 Å². The molecule has 19 heavy (non-hydrogen) atoms. The van der Waals surface area contributed by atoms with E-state index < -0.39 is 0 Å². The van der Waals surface area contributed by atoms with Crippen LogP contribution < -0.4 is 5.32 Å². The Balaban J connectivity index is 2.44. The highest BCUT2D eigenvalue weighted by Crippen LogP contribution is 2.26. The molecule has 1 heterocycles. The molecule has 0 aliphatic rings. The lowest BCUT2D eigenvalue weighted by Gasteiger charge is -2.10. The van der Waals surface area contributed by atoms with Crippen molar-refractivity contribution < 1.29 is 0 Å². The highest BCUT2D eigenvalue weighted by atomic mass is 35.5. The number of nitrogens with one attached hydrogen (secondary N) is 1. The molecule has 0 saturated heterocycles. The zero-order chi connectivity index (χ0) is 14.0. The van der Waals surface area contributed by atoms with E-state index >= 15 is 0 Å². The fourth-order valence-corrected chi connectivity index (χ4v) is 2.12. The first-order valence-corrected chi connectivity index (χ1v) is 6.24. The lowest BCUT2D eigenvalue weighted by atomic mass is 10.1. The number of aryl methyl sites for hydroxylation is 1. The zero-order valence-corrected chi connectivity index (χ0v) is 11.8. The molecule has 0 aliphatic carbocycles. The summed E-state index contributed by atoms with van der Waals surface area (Å²) in [6.07, 6.45) is 0. The van der Waals surface area contributed by atoms with Crippen molar-refractivity contribution in [2.45, 2.75) is 13.8 Å². The van der Waals surface area contributed by atoms with Crippen LogP contribution in [-0.4, -0.2) is 10.2 Å². The van der Waals surface area contributed by atoms with Crippen LogP contribution in [-0.2, 0) is 0 Å². The van der Waals surface area contributed by atoms with E-state index in [1.807, 2.05) is 13.8 Å². The molecule has 0 radical (unpaired) electrons. The van der Waals surface area contributed by atoms with Crippen molar-refractivity contribution in [2.24, 2.45) is 0 Å². The molecule has 1 N–H and O–H groups in total. The predicted molar refractivity (Wildman–Crippen MR) is 76.0 cm³/mol. The minimum Gasteiger partial charge on any atom is -0.338 e. The molecular formula is C13H10Cl2N4. The summed E-state index contributed by atoms with van der Waals surface area (Å²) in [7, 11) is 0. The van der Waals surface area contributed by atoms with Crippen molar-refractivity contribution in [3.05, 3.63) is 45.1 Å². The van der Waals surface area contributed by atoms with Gasteiger partial charge in [0.05, 0.1) is 5.69 Å². The van der Waals surface area contributed by atoms with E-state index in [1.165, 1.54) is 0 Å². The van der Waals surface area contributed by atoms with E-state index in [9.17, 15) is 5.26 Å². The molecular weight excluding hydrogens is 283 g/mol. The quantitative estimate of drug-likeness (QED) is 0.908. The van der Waals surface area contributed by atoms with Crippen LogP contribution in [0.4, 0.5) is 11.5 Å². The number of halogens is 2. The second-order valence-corrected chi connectivity index (χ2v) is 4.90. The van der Waals surface area contributed by atoms with E-state index in [0.29, 0.717) is 27.1 Å². The van der Waals surface area contributed by atoms with E-state index in [4.69, 9.17) is 23.2 Å². The van der Waals surface area contributed by atoms with Crippen LogP contribution in [0.15, 0.2) is 18.2 Å². The Morgan fingerprint density at radius 1 is 1.11 bits per heavy atom. The van der Waals surface area contributed by atoms with Gasteiger partial charge in [-0.2, -0.15) is 10.4 Å². The van der Waals surface area contributed by atoms with Gasteiger partial charge in [0.15, 0.2) is 5.82 Å². The number of nitriles is 1. The van der Waals surface area contributed by atoms with E-state index in [1.54, 1.807) is 18.2 Å². The van der Waals surface area contributed by atoms with Crippen LogP contribution in [0.3, 0.4) is 0 Å². The topological polar surface area (TPSA) is 61.6 Å². The van der Waals surface area contributed by atoms with Crippen molar-refractivity contribution >= 4 is 34.7 Å².